The van der Waals surface area contributed by atoms with Crippen LogP contribution in [0.1, 0.15) is 76.8 Å². The molecule has 0 aromatic heterocycles. The van der Waals surface area contributed by atoms with E-state index in [0.29, 0.717) is 93.4 Å². The van der Waals surface area contributed by atoms with Gasteiger partial charge in [0.05, 0.1) is 72.1 Å². The average molecular weight is 1490 g/mol. The molecular weight excluding hydrogens is 1430 g/mol. The third-order valence-electron chi connectivity index (χ3n) is 12.0. The molecule has 0 spiro atoms. The number of oxime groups is 1. The molecule has 0 saturated heterocycles. The van der Waals surface area contributed by atoms with Crippen molar-refractivity contribution in [1.82, 2.24) is 0 Å². The van der Waals surface area contributed by atoms with E-state index in [0.717, 1.165) is 29.9 Å². The fourth-order valence-corrected chi connectivity index (χ4v) is 9.77. The number of carboxylic acid groups (broad SMARTS) is 1. The topological polar surface area (TPSA) is 179 Å². The number of aromatic carboxylic acids is 1. The van der Waals surface area contributed by atoms with E-state index in [1.165, 1.54) is 48.5 Å². The lowest BCUT2D eigenvalue weighted by Gasteiger charge is -2.22. The van der Waals surface area contributed by atoms with Crippen LogP contribution in [-0.4, -0.2) is 65.9 Å². The van der Waals surface area contributed by atoms with Crippen LogP contribution in [0.3, 0.4) is 0 Å². The second-order valence-corrected chi connectivity index (χ2v) is 21.0. The molecule has 4 heterocycles. The van der Waals surface area contributed by atoms with Crippen molar-refractivity contribution in [3.8, 4) is 0 Å². The Hall–Kier alpha value is -5.95. The van der Waals surface area contributed by atoms with Gasteiger partial charge in [0.1, 0.15) is 58.6 Å². The number of halogens is 10. The van der Waals surface area contributed by atoms with E-state index in [1.807, 2.05) is 40.8 Å². The predicted octanol–water partition coefficient (Wildman–Crippen LogP) is 14.0. The van der Waals surface area contributed by atoms with Gasteiger partial charge in [-0.2, -0.15) is 0 Å². The first-order valence-electron chi connectivity index (χ1n) is 24.7. The molecule has 0 fully saturated rings. The lowest BCUT2D eigenvalue weighted by Crippen LogP contribution is -2.24. The number of ether oxygens (including phenoxy) is 5. The number of carboxylic acids is 1. The fourth-order valence-electron chi connectivity index (χ4n) is 7.82. The van der Waals surface area contributed by atoms with Crippen LogP contribution in [0.25, 0.3) is 5.57 Å². The molecule has 4 aliphatic rings. The van der Waals surface area contributed by atoms with Crippen LogP contribution < -0.4 is 5.73 Å². The van der Waals surface area contributed by atoms with Gasteiger partial charge in [0.2, 0.25) is 0 Å². The summed E-state index contributed by atoms with van der Waals surface area (Å²) < 4.78 is 118. The molecule has 0 aliphatic carbocycles. The molecule has 12 nitrogen and oxygen atoms in total. The Morgan fingerprint density at radius 3 is 1.52 bits per heavy atom. The van der Waals surface area contributed by atoms with Crippen molar-refractivity contribution in [2.45, 2.75) is 45.7 Å². The zero-order chi connectivity index (χ0) is 60.6. The van der Waals surface area contributed by atoms with Gasteiger partial charge in [-0.1, -0.05) is 84.5 Å². The molecule has 438 valence electrons. The summed E-state index contributed by atoms with van der Waals surface area (Å²) in [6, 6.07) is 32.8. The minimum Gasteiger partial charge on any atom is -0.478 e. The summed E-state index contributed by atoms with van der Waals surface area (Å²) in [4.78, 5) is 21.5. The number of Topliss-reactive ketones (excluding diaryl/α,β-unsaturated/α-hetero) is 1. The molecule has 11 rings (SSSR count). The normalized spacial score (nSPS) is 14.7. The third kappa shape index (κ3) is 19.8. The third-order valence-corrected chi connectivity index (χ3v) is 14.9. The number of fused-ring (bicyclic) bond motifs is 4. The minimum absolute atomic E-state index is 0.0659. The van der Waals surface area contributed by atoms with Crippen LogP contribution >= 0.6 is 67.8 Å². The van der Waals surface area contributed by atoms with Gasteiger partial charge in [0.25, 0.3) is 0 Å². The van der Waals surface area contributed by atoms with Crippen LogP contribution in [-0.2, 0) is 63.3 Å². The number of nitrogens with zero attached hydrogens (tertiary/aromatic N) is 1. The maximum absolute atomic E-state index is 13.2. The van der Waals surface area contributed by atoms with Crippen molar-refractivity contribution in [2.24, 2.45) is 10.9 Å². The van der Waals surface area contributed by atoms with E-state index in [4.69, 9.17) is 44.8 Å². The highest BCUT2D eigenvalue weighted by Gasteiger charge is 2.22. The van der Waals surface area contributed by atoms with Gasteiger partial charge >= 0.3 is 5.97 Å². The largest absolute Gasteiger partial charge is 0.478 e. The molecule has 0 bridgehead atoms. The summed E-state index contributed by atoms with van der Waals surface area (Å²) in [5.74, 6) is -3.71. The van der Waals surface area contributed by atoms with E-state index < -0.39 is 11.8 Å². The summed E-state index contributed by atoms with van der Waals surface area (Å²) in [6.07, 6.45) is 1.65. The van der Waals surface area contributed by atoms with E-state index >= 15 is 0 Å². The number of ketones is 1. The quantitative estimate of drug-likeness (QED) is 0.0311. The number of hydrogen-bond donors (Lipinski definition) is 4. The molecule has 22 heteroatoms. The highest BCUT2D eigenvalue weighted by Crippen LogP contribution is 2.28. The lowest BCUT2D eigenvalue weighted by atomic mass is 9.99. The van der Waals surface area contributed by atoms with Crippen LogP contribution in [0.4, 0.5) is 30.7 Å². The number of rotatable bonds is 6. The van der Waals surface area contributed by atoms with Crippen molar-refractivity contribution >= 4 is 90.8 Å². The Balaban J connectivity index is 0.000000178. The molecule has 4 aliphatic heterocycles. The van der Waals surface area contributed by atoms with Crippen molar-refractivity contribution in [3.05, 3.63) is 259 Å². The first kappa shape index (κ1) is 67.8. The zero-order valence-electron chi connectivity index (χ0n) is 44.0. The van der Waals surface area contributed by atoms with Gasteiger partial charge in [-0.15, -0.1) is 6.58 Å². The average Bonchev–Trinajstić information content (AvgIpc) is 3.59. The Kier molecular flexibility index (Phi) is 28.4. The predicted molar refractivity (Wildman–Crippen MR) is 323 cm³/mol. The molecule has 1 atom stereocenters. The molecule has 0 radical (unpaired) electrons. The molecule has 0 saturated carbocycles. The molecule has 1 unspecified atom stereocenters. The van der Waals surface area contributed by atoms with Gasteiger partial charge in [-0.3, -0.25) is 4.79 Å². The Morgan fingerprint density at radius 2 is 1.04 bits per heavy atom. The van der Waals surface area contributed by atoms with Crippen LogP contribution in [0.15, 0.2) is 152 Å². The maximum Gasteiger partial charge on any atom is 0.339 e. The second kappa shape index (κ2) is 34.7. The van der Waals surface area contributed by atoms with Crippen molar-refractivity contribution in [1.29, 1.82) is 0 Å². The number of carbonyl (C=O) groups is 2. The summed E-state index contributed by atoms with van der Waals surface area (Å²) >= 11 is 5.86. The first-order chi connectivity index (χ1) is 39.8. The lowest BCUT2D eigenvalue weighted by molar-refractivity contribution is 0.0655. The van der Waals surface area contributed by atoms with Crippen LogP contribution in [0.5, 0.6) is 0 Å². The van der Waals surface area contributed by atoms with Gasteiger partial charge in [0.15, 0.2) is 5.78 Å². The van der Waals surface area contributed by atoms with Crippen molar-refractivity contribution in [3.63, 3.8) is 0 Å². The monoisotopic (exact) mass is 1490 g/mol. The van der Waals surface area contributed by atoms with Gasteiger partial charge in [0, 0.05) is 55.2 Å². The summed E-state index contributed by atoms with van der Waals surface area (Å²) in [5, 5.41) is 28.8. The molecule has 7 aromatic carbocycles. The van der Waals surface area contributed by atoms with E-state index in [9.17, 15) is 40.3 Å². The van der Waals surface area contributed by atoms with E-state index in [-0.39, 0.29) is 85.3 Å². The van der Waals surface area contributed by atoms with E-state index in [2.05, 4.69) is 40.9 Å². The molecule has 7 aromatic rings. The number of nitrogens with two attached hydrogens (primary N) is 1. The standard InChI is InChI=1S/C10H10FIO.C10H9FO.C9H8FNO2.C9H10FNO.C9H7FO2.C7H4FIO2.C7H6FIO/c1-2-6-13-7-8-9(11)4-3-5-10(8)12;1-7-5-12-6-9-8(7)3-2-4-10(9)11;10-8-3-1-2-6-7(8)4-13-5-9(6)11-12;2*10-8-3-1-2-6-7(8)4-12-5-9(6)11;8-4-2-1-3-5(9)6(4)7(10)11;8-6-2-1-3-7(9)5(6)4-10/h2-5H,1,6-7H2;2-4H,1,5-6H2;1-3,12H,4-5H2;1-3,9H,4-5,11H2;1-3H,4-5H2;1-3H,(H,10,11);1-3,10H,4H2/b;;11-9+;;;;. The maximum atomic E-state index is 13.2. The minimum atomic E-state index is -1.23. The number of hydrogen-bond acceptors (Lipinski definition) is 11. The van der Waals surface area contributed by atoms with Gasteiger partial charge < -0.3 is 44.8 Å². The van der Waals surface area contributed by atoms with Gasteiger partial charge in [-0.25, -0.2) is 35.5 Å². The fraction of sp³-hybridized carbons (Fsp3) is 0.197. The highest BCUT2D eigenvalue weighted by molar-refractivity contribution is 14.1. The number of carbonyl (C=O) groups excluding carboxylic acids is 1. The summed E-state index contributed by atoms with van der Waals surface area (Å²) in [7, 11) is 0. The number of benzene rings is 7. The number of aliphatic hydroxyl groups is 1. The first-order valence-corrected chi connectivity index (χ1v) is 28.0. The van der Waals surface area contributed by atoms with Crippen LogP contribution in [0.2, 0.25) is 0 Å². The Labute approximate surface area is 515 Å². The van der Waals surface area contributed by atoms with Crippen LogP contribution in [0, 0.1) is 51.4 Å². The molecule has 5 N–H and O–H groups in total. The van der Waals surface area contributed by atoms with Crippen molar-refractivity contribution < 1.29 is 79.4 Å². The van der Waals surface area contributed by atoms with Gasteiger partial charge in [-0.05, 0) is 145 Å². The second-order valence-electron chi connectivity index (χ2n) is 17.5. The smallest absolute Gasteiger partial charge is 0.339 e. The molecular formula is C61H54F7I3N2O10. The van der Waals surface area contributed by atoms with E-state index in [1.54, 1.807) is 83.3 Å². The number of aliphatic hydroxyl groups excluding tert-OH is 1. The molecule has 0 amide bonds. The summed E-state index contributed by atoms with van der Waals surface area (Å²) in [5.41, 5.74) is 12.6. The SMILES string of the molecule is C=C1COCc2c(F)cccc21.C=CCOCc1c(F)cccc1I.NC1COCc2c(F)cccc21.O/N=C1\COCc2c(F)cccc21.O=C(O)c1c(F)cccc1I.O=C1COCc2c(F)cccc21.OCc1c(F)cccc1I. The molecule has 83 heavy (non-hydrogen) atoms. The Bertz CT molecular complexity index is 3280. The summed E-state index contributed by atoms with van der Waals surface area (Å²) in [6.45, 7) is 10.3. The van der Waals surface area contributed by atoms with Crippen molar-refractivity contribution in [2.75, 3.05) is 33.0 Å². The highest BCUT2D eigenvalue weighted by atomic mass is 127. The Morgan fingerprint density at radius 1 is 0.590 bits per heavy atom. The zero-order valence-corrected chi connectivity index (χ0v) is 50.4.